The van der Waals surface area contributed by atoms with E-state index in [1.165, 1.54) is 28.8 Å². The first kappa shape index (κ1) is 32.4. The largest absolute Gasteiger partial charge is 0.462 e. The highest BCUT2D eigenvalue weighted by molar-refractivity contribution is 7.86. The summed E-state index contributed by atoms with van der Waals surface area (Å²) in [6.45, 7) is 14.1. The number of rotatable bonds is 7. The lowest BCUT2D eigenvalue weighted by molar-refractivity contribution is 0.329. The van der Waals surface area contributed by atoms with E-state index in [1.54, 1.807) is 6.08 Å². The van der Waals surface area contributed by atoms with Crippen LogP contribution in [0.4, 0.5) is 0 Å². The van der Waals surface area contributed by atoms with Crippen molar-refractivity contribution in [2.75, 3.05) is 6.54 Å². The Morgan fingerprint density at radius 3 is 2.61 bits per heavy atom. The predicted molar refractivity (Wildman–Crippen MR) is 186 cm³/mol. The van der Waals surface area contributed by atoms with Crippen molar-refractivity contribution in [2.24, 2.45) is 5.41 Å². The quantitative estimate of drug-likeness (QED) is 0.299. The zero-order valence-electron chi connectivity index (χ0n) is 28.0. The summed E-state index contributed by atoms with van der Waals surface area (Å²) < 4.78 is 49.0. The van der Waals surface area contributed by atoms with Crippen LogP contribution in [0.3, 0.4) is 0 Å². The van der Waals surface area contributed by atoms with Crippen LogP contribution in [0, 0.1) is 5.41 Å². The van der Waals surface area contributed by atoms with Crippen LogP contribution in [0.2, 0.25) is 0 Å². The first-order chi connectivity index (χ1) is 21.9. The summed E-state index contributed by atoms with van der Waals surface area (Å²) >= 11 is 0. The molecule has 0 radical (unpaired) electrons. The number of fused-ring (bicyclic) bond motifs is 2. The molecule has 46 heavy (non-hydrogen) atoms. The second-order valence-electron chi connectivity index (χ2n) is 14.0. The first-order valence-electron chi connectivity index (χ1n) is 16.7. The van der Waals surface area contributed by atoms with Crippen molar-refractivity contribution in [3.63, 3.8) is 0 Å². The molecule has 4 aliphatic carbocycles. The van der Waals surface area contributed by atoms with Crippen molar-refractivity contribution < 1.29 is 22.4 Å². The molecule has 1 heterocycles. The van der Waals surface area contributed by atoms with Crippen LogP contribution >= 0.6 is 0 Å². The van der Waals surface area contributed by atoms with Crippen LogP contribution in [-0.4, -0.2) is 35.7 Å². The Bertz CT molecular complexity index is 1790. The smallest absolute Gasteiger partial charge is 0.272 e. The molecule has 0 aromatic heterocycles. The molecular weight excluding hydrogens is 594 g/mol. The molecule has 1 aliphatic heterocycles. The summed E-state index contributed by atoms with van der Waals surface area (Å²) in [5.74, 6) is 3.03. The van der Waals surface area contributed by atoms with Gasteiger partial charge in [-0.15, -0.1) is 0 Å². The van der Waals surface area contributed by atoms with E-state index in [0.29, 0.717) is 22.8 Å². The van der Waals surface area contributed by atoms with Crippen molar-refractivity contribution in [3.05, 3.63) is 111 Å². The van der Waals surface area contributed by atoms with Gasteiger partial charge in [0.25, 0.3) is 10.1 Å². The minimum Gasteiger partial charge on any atom is -0.462 e. The van der Waals surface area contributed by atoms with Gasteiger partial charge in [0.1, 0.15) is 28.3 Å². The minimum absolute atomic E-state index is 0.0239. The maximum absolute atomic E-state index is 12.7. The van der Waals surface area contributed by atoms with Crippen LogP contribution in [0.15, 0.2) is 106 Å². The molecule has 6 rings (SSSR count). The predicted octanol–water partition coefficient (Wildman–Crippen LogP) is 9.39. The van der Waals surface area contributed by atoms with Crippen LogP contribution in [0.1, 0.15) is 92.1 Å². The lowest BCUT2D eigenvalue weighted by atomic mass is 9.79. The van der Waals surface area contributed by atoms with E-state index in [4.69, 9.17) is 9.47 Å². The number of allylic oxidation sites excluding steroid dienone is 10. The van der Waals surface area contributed by atoms with Gasteiger partial charge in [0.2, 0.25) is 0 Å². The summed E-state index contributed by atoms with van der Waals surface area (Å²) in [7, 11) is -4.36. The molecule has 0 saturated heterocycles. The molecule has 5 aliphatic rings. The van der Waals surface area contributed by atoms with Crippen molar-refractivity contribution in [3.8, 4) is 11.5 Å². The lowest BCUT2D eigenvalue weighted by Gasteiger charge is -2.38. The number of hydrogen-bond acceptors (Lipinski definition) is 5. The van der Waals surface area contributed by atoms with Gasteiger partial charge in [0, 0.05) is 41.4 Å². The monoisotopic (exact) mass is 641 g/mol. The fourth-order valence-electron chi connectivity index (χ4n) is 7.61. The fourth-order valence-corrected chi connectivity index (χ4v) is 8.48. The van der Waals surface area contributed by atoms with Gasteiger partial charge in [-0.1, -0.05) is 57.2 Å². The second-order valence-corrected chi connectivity index (χ2v) is 15.6. The number of nitrogens with zero attached hydrogens (tertiary/aromatic N) is 1. The van der Waals surface area contributed by atoms with Gasteiger partial charge in [-0.25, -0.2) is 0 Å². The highest BCUT2D eigenvalue weighted by Gasteiger charge is 2.37. The van der Waals surface area contributed by atoms with Gasteiger partial charge in [-0.2, -0.15) is 8.42 Å². The van der Waals surface area contributed by atoms with Crippen molar-refractivity contribution in [2.45, 2.75) is 97.8 Å². The average Bonchev–Trinajstić information content (AvgIpc) is 3.01. The first-order valence-corrected chi connectivity index (χ1v) is 18.2. The van der Waals surface area contributed by atoms with Crippen LogP contribution in [-0.2, 0) is 10.1 Å². The van der Waals surface area contributed by atoms with Crippen molar-refractivity contribution in [1.29, 1.82) is 0 Å². The van der Waals surface area contributed by atoms with Gasteiger partial charge in [-0.05, 0) is 105 Å². The summed E-state index contributed by atoms with van der Waals surface area (Å²) in [5, 5.41) is -1.06. The Labute approximate surface area is 275 Å². The molecule has 6 nitrogen and oxygen atoms in total. The molecule has 7 heteroatoms. The fraction of sp³-hybridized carbons (Fsp3) is 0.436. The third-order valence-corrected chi connectivity index (χ3v) is 11.0. The van der Waals surface area contributed by atoms with Crippen molar-refractivity contribution in [1.82, 2.24) is 4.90 Å². The van der Waals surface area contributed by atoms with E-state index < -0.39 is 15.4 Å². The second kappa shape index (κ2) is 12.6. The zero-order valence-corrected chi connectivity index (χ0v) is 28.8. The molecule has 0 bridgehead atoms. The molecular formula is C39H47NO5S. The van der Waals surface area contributed by atoms with Gasteiger partial charge in [-0.3, -0.25) is 4.55 Å². The molecule has 0 amide bonds. The highest BCUT2D eigenvalue weighted by Crippen LogP contribution is 2.48. The molecule has 0 fully saturated rings. The average molecular weight is 642 g/mol. The number of benzene rings is 1. The zero-order chi connectivity index (χ0) is 32.8. The van der Waals surface area contributed by atoms with Crippen molar-refractivity contribution >= 4 is 15.7 Å². The van der Waals surface area contributed by atoms with Gasteiger partial charge < -0.3 is 14.4 Å². The Balaban J connectivity index is 1.47. The normalized spacial score (nSPS) is 23.3. The summed E-state index contributed by atoms with van der Waals surface area (Å²) in [6.07, 6.45) is 20.7. The number of ether oxygens (including phenoxy) is 2. The van der Waals surface area contributed by atoms with Gasteiger partial charge >= 0.3 is 0 Å². The van der Waals surface area contributed by atoms with Gasteiger partial charge in [0.15, 0.2) is 0 Å². The molecule has 1 aromatic rings. The Morgan fingerprint density at radius 1 is 1.11 bits per heavy atom. The molecule has 2 atom stereocenters. The molecule has 2 unspecified atom stereocenters. The highest BCUT2D eigenvalue weighted by atomic mass is 32.2. The van der Waals surface area contributed by atoms with E-state index >= 15 is 0 Å². The molecule has 1 N–H and O–H groups in total. The molecule has 0 spiro atoms. The van der Waals surface area contributed by atoms with Crippen LogP contribution in [0.25, 0.3) is 5.57 Å². The Kier molecular flexibility index (Phi) is 8.85. The molecule has 0 saturated carbocycles. The van der Waals surface area contributed by atoms with E-state index in [2.05, 4.69) is 70.7 Å². The third kappa shape index (κ3) is 6.24. The van der Waals surface area contributed by atoms with Crippen LogP contribution < -0.4 is 9.47 Å². The van der Waals surface area contributed by atoms with E-state index in [9.17, 15) is 13.0 Å². The van der Waals surface area contributed by atoms with E-state index in [1.807, 2.05) is 30.4 Å². The third-order valence-electron chi connectivity index (χ3n) is 9.82. The van der Waals surface area contributed by atoms with Gasteiger partial charge in [0.05, 0.1) is 6.04 Å². The molecule has 1 aromatic carbocycles. The summed E-state index contributed by atoms with van der Waals surface area (Å²) in [6, 6.07) is 5.80. The van der Waals surface area contributed by atoms with E-state index in [-0.39, 0.29) is 17.9 Å². The van der Waals surface area contributed by atoms with Crippen LogP contribution in [0.5, 0.6) is 11.5 Å². The Hall–Kier alpha value is -3.55. The summed E-state index contributed by atoms with van der Waals surface area (Å²) in [4.78, 5) is 2.41. The lowest BCUT2D eigenvalue weighted by Crippen LogP contribution is -2.35. The Morgan fingerprint density at radius 2 is 1.89 bits per heavy atom. The minimum atomic E-state index is -4.36. The SMILES string of the molecule is CCN(C1=C(C)CCC=C1C)C1C=CC2=C(C3=CC=CCC3S(=O)(=O)O)c3ccc(OC4=C(C(C)(C)C)CCCC4)cc3OC2=C1. The standard InChI is InChI=1S/C39H47NO5S/c1-7-40(38-25(2)13-12-14-26(38)3)27-19-21-29-34(23-27)45-35-24-28(44-33-17-10-9-16-32(33)39(4,5)6)20-22-30(35)37(29)31-15-8-11-18-36(31)46(41,42)43/h8,11,13,15,19-24,27,36H,7,9-10,12,14,16-18H2,1-6H3,(H,41,42,43). The van der Waals surface area contributed by atoms with E-state index in [0.717, 1.165) is 61.1 Å². The number of likely N-dealkylation sites (N-methyl/N-ethyl adjacent to an activating group) is 1. The maximum Gasteiger partial charge on any atom is 0.272 e. The maximum atomic E-state index is 12.7. The topological polar surface area (TPSA) is 76.1 Å². The summed E-state index contributed by atoms with van der Waals surface area (Å²) in [5.41, 5.74) is 8.26. The molecule has 244 valence electrons. The number of hydrogen-bond donors (Lipinski definition) is 1.